The first-order valence-corrected chi connectivity index (χ1v) is 12.0. The van der Waals surface area contributed by atoms with Crippen LogP contribution in [0.15, 0.2) is 11.6 Å². The maximum Gasteiger partial charge on any atom is 0.274 e. The number of fused-ring (bicyclic) bond motifs is 1. The summed E-state index contributed by atoms with van der Waals surface area (Å²) in [7, 11) is 1.77. The zero-order valence-electron chi connectivity index (χ0n) is 18.4. The summed E-state index contributed by atoms with van der Waals surface area (Å²) in [5, 5.41) is 2.04. The normalized spacial score (nSPS) is 24.0. The highest BCUT2D eigenvalue weighted by atomic mass is 32.1. The summed E-state index contributed by atoms with van der Waals surface area (Å²) in [5.74, 6) is 0.831. The van der Waals surface area contributed by atoms with Gasteiger partial charge in [-0.15, -0.1) is 11.3 Å². The number of amides is 1. The monoisotopic (exact) mass is 434 g/mol. The summed E-state index contributed by atoms with van der Waals surface area (Å²) in [4.78, 5) is 23.4. The number of thiazole rings is 1. The minimum absolute atomic E-state index is 0.0392. The Bertz CT molecular complexity index is 833. The topological polar surface area (TPSA) is 59.3 Å². The van der Waals surface area contributed by atoms with Gasteiger partial charge in [-0.2, -0.15) is 0 Å². The molecule has 166 valence electrons. The number of methoxy groups -OCH3 is 1. The van der Waals surface area contributed by atoms with E-state index in [0.717, 1.165) is 49.2 Å². The van der Waals surface area contributed by atoms with E-state index in [2.05, 4.69) is 9.30 Å². The fraction of sp³-hybridized carbons (Fsp3) is 0.727. The third kappa shape index (κ3) is 4.88. The van der Waals surface area contributed by atoms with E-state index in [1.54, 1.807) is 18.4 Å². The lowest BCUT2D eigenvalue weighted by molar-refractivity contribution is -0.0587. The minimum Gasteiger partial charge on any atom is -0.385 e. The van der Waals surface area contributed by atoms with Crippen molar-refractivity contribution >= 4 is 22.2 Å². The molecule has 2 aromatic rings. The number of nitrogens with zero attached hydrogens (tertiary/aromatic N) is 4. The molecule has 2 aliphatic heterocycles. The fourth-order valence-electron chi connectivity index (χ4n) is 4.81. The summed E-state index contributed by atoms with van der Waals surface area (Å²) in [5.41, 5.74) is 1.64. The number of likely N-dealkylation sites (tertiary alicyclic amines) is 1. The highest BCUT2D eigenvalue weighted by Gasteiger charge is 2.31. The summed E-state index contributed by atoms with van der Waals surface area (Å²) < 4.78 is 13.1. The van der Waals surface area contributed by atoms with Gasteiger partial charge in [0.2, 0.25) is 0 Å². The number of aromatic nitrogens is 2. The van der Waals surface area contributed by atoms with Crippen molar-refractivity contribution in [3.8, 4) is 0 Å². The molecule has 2 atom stereocenters. The van der Waals surface area contributed by atoms with Crippen molar-refractivity contribution in [2.45, 2.75) is 58.3 Å². The molecule has 2 fully saturated rings. The highest BCUT2D eigenvalue weighted by Crippen LogP contribution is 2.26. The molecule has 0 bridgehead atoms. The Balaban J connectivity index is 1.45. The molecule has 0 saturated carbocycles. The average molecular weight is 435 g/mol. The van der Waals surface area contributed by atoms with Gasteiger partial charge in [-0.3, -0.25) is 14.1 Å². The van der Waals surface area contributed by atoms with Crippen LogP contribution in [0.4, 0.5) is 0 Å². The Morgan fingerprint density at radius 1 is 1.27 bits per heavy atom. The summed E-state index contributed by atoms with van der Waals surface area (Å²) in [6.07, 6.45) is 6.99. The van der Waals surface area contributed by atoms with E-state index >= 15 is 0 Å². The Hall–Kier alpha value is -1.48. The largest absolute Gasteiger partial charge is 0.385 e. The Morgan fingerprint density at radius 3 is 2.70 bits per heavy atom. The first kappa shape index (κ1) is 21.7. The molecule has 0 aromatic carbocycles. The van der Waals surface area contributed by atoms with E-state index in [1.165, 1.54) is 19.3 Å². The van der Waals surface area contributed by atoms with Crippen LogP contribution in [0.25, 0.3) is 4.96 Å². The molecule has 0 radical (unpaired) electrons. The SMILES string of the molecule is COCCCC1CCN(Cc2c(C(=O)N3C[C@@H](C)O[C@@H](C)C3)nc3sccn23)CC1. The van der Waals surface area contributed by atoms with E-state index < -0.39 is 0 Å². The van der Waals surface area contributed by atoms with Crippen LogP contribution in [-0.2, 0) is 16.0 Å². The number of carbonyl (C=O) groups is 1. The maximum absolute atomic E-state index is 13.4. The lowest BCUT2D eigenvalue weighted by atomic mass is 9.92. The number of ether oxygens (including phenoxy) is 2. The molecular weight excluding hydrogens is 400 g/mol. The molecule has 8 heteroatoms. The Labute approximate surface area is 183 Å². The van der Waals surface area contributed by atoms with Crippen molar-refractivity contribution in [3.63, 3.8) is 0 Å². The van der Waals surface area contributed by atoms with E-state index in [0.29, 0.717) is 18.8 Å². The molecule has 0 unspecified atom stereocenters. The Kier molecular flexibility index (Phi) is 7.08. The second-order valence-corrected chi connectivity index (χ2v) is 9.66. The standard InChI is InChI=1S/C22H34N4O3S/c1-16-13-25(14-17(2)29-16)21(27)20-19(26-10-12-30-22(26)23-20)15-24-8-6-18(7-9-24)5-4-11-28-3/h10,12,16-18H,4-9,11,13-15H2,1-3H3/t16-,17+. The molecule has 2 aromatic heterocycles. The van der Waals surface area contributed by atoms with Gasteiger partial charge in [0, 0.05) is 44.9 Å². The summed E-state index contributed by atoms with van der Waals surface area (Å²) in [6.45, 7) is 9.10. The lowest BCUT2D eigenvalue weighted by Gasteiger charge is -2.35. The average Bonchev–Trinajstić information content (AvgIpc) is 3.31. The molecule has 4 rings (SSSR count). The van der Waals surface area contributed by atoms with Gasteiger partial charge in [-0.05, 0) is 58.5 Å². The molecule has 7 nitrogen and oxygen atoms in total. The maximum atomic E-state index is 13.4. The van der Waals surface area contributed by atoms with Crippen LogP contribution in [0, 0.1) is 5.92 Å². The van der Waals surface area contributed by atoms with Gasteiger partial charge in [0.05, 0.1) is 17.9 Å². The van der Waals surface area contributed by atoms with Crippen LogP contribution in [0.3, 0.4) is 0 Å². The number of hydrogen-bond donors (Lipinski definition) is 0. The molecule has 1 amide bonds. The first-order chi connectivity index (χ1) is 14.5. The lowest BCUT2D eigenvalue weighted by Crippen LogP contribution is -2.48. The zero-order chi connectivity index (χ0) is 21.1. The van der Waals surface area contributed by atoms with Crippen molar-refractivity contribution in [1.82, 2.24) is 19.2 Å². The minimum atomic E-state index is 0.0392. The van der Waals surface area contributed by atoms with Crippen LogP contribution in [0.2, 0.25) is 0 Å². The second kappa shape index (κ2) is 9.77. The van der Waals surface area contributed by atoms with Crippen LogP contribution < -0.4 is 0 Å². The van der Waals surface area contributed by atoms with Crippen molar-refractivity contribution in [1.29, 1.82) is 0 Å². The summed E-state index contributed by atoms with van der Waals surface area (Å²) >= 11 is 1.59. The molecule has 0 spiro atoms. The Morgan fingerprint density at radius 2 is 2.00 bits per heavy atom. The van der Waals surface area contributed by atoms with Gasteiger partial charge in [0.25, 0.3) is 5.91 Å². The van der Waals surface area contributed by atoms with Gasteiger partial charge in [0.15, 0.2) is 10.7 Å². The quantitative estimate of drug-likeness (QED) is 0.626. The van der Waals surface area contributed by atoms with E-state index in [9.17, 15) is 4.79 Å². The number of hydrogen-bond acceptors (Lipinski definition) is 6. The van der Waals surface area contributed by atoms with Crippen LogP contribution >= 0.6 is 11.3 Å². The van der Waals surface area contributed by atoms with Gasteiger partial charge in [0.1, 0.15) is 0 Å². The number of carbonyl (C=O) groups excluding carboxylic acids is 1. The van der Waals surface area contributed by atoms with Crippen LogP contribution in [0.1, 0.15) is 55.7 Å². The number of morpholine rings is 1. The predicted molar refractivity (Wildman–Crippen MR) is 118 cm³/mol. The van der Waals surface area contributed by atoms with E-state index in [1.807, 2.05) is 30.3 Å². The molecule has 2 aliphatic rings. The first-order valence-electron chi connectivity index (χ1n) is 11.2. The predicted octanol–water partition coefficient (Wildman–Crippen LogP) is 3.28. The van der Waals surface area contributed by atoms with Crippen LogP contribution in [0.5, 0.6) is 0 Å². The van der Waals surface area contributed by atoms with Gasteiger partial charge in [-0.1, -0.05) is 0 Å². The van der Waals surface area contributed by atoms with Gasteiger partial charge < -0.3 is 14.4 Å². The van der Waals surface area contributed by atoms with E-state index in [-0.39, 0.29) is 18.1 Å². The van der Waals surface area contributed by atoms with Gasteiger partial charge >= 0.3 is 0 Å². The number of piperidine rings is 1. The second-order valence-electron chi connectivity index (χ2n) is 8.78. The third-order valence-electron chi connectivity index (χ3n) is 6.31. The number of rotatable bonds is 7. The highest BCUT2D eigenvalue weighted by molar-refractivity contribution is 7.15. The van der Waals surface area contributed by atoms with Crippen molar-refractivity contribution in [2.75, 3.05) is 39.9 Å². The molecular formula is C22H34N4O3S. The summed E-state index contributed by atoms with van der Waals surface area (Å²) in [6, 6.07) is 0. The molecule has 4 heterocycles. The molecule has 0 aliphatic carbocycles. The van der Waals surface area contributed by atoms with Crippen molar-refractivity contribution in [3.05, 3.63) is 23.0 Å². The zero-order valence-corrected chi connectivity index (χ0v) is 19.2. The fourth-order valence-corrected chi connectivity index (χ4v) is 5.54. The van der Waals surface area contributed by atoms with Gasteiger partial charge in [-0.25, -0.2) is 4.98 Å². The van der Waals surface area contributed by atoms with Crippen LogP contribution in [-0.4, -0.2) is 77.2 Å². The van der Waals surface area contributed by atoms with Crippen molar-refractivity contribution < 1.29 is 14.3 Å². The molecule has 30 heavy (non-hydrogen) atoms. The number of imidazole rings is 1. The smallest absolute Gasteiger partial charge is 0.274 e. The van der Waals surface area contributed by atoms with E-state index in [4.69, 9.17) is 14.5 Å². The van der Waals surface area contributed by atoms with Crippen molar-refractivity contribution in [2.24, 2.45) is 5.92 Å². The third-order valence-corrected chi connectivity index (χ3v) is 7.07. The molecule has 2 saturated heterocycles. The molecule has 0 N–H and O–H groups in total.